The van der Waals surface area contributed by atoms with E-state index in [9.17, 15) is 18.0 Å². The fourth-order valence-corrected chi connectivity index (χ4v) is 2.81. The first-order chi connectivity index (χ1) is 12.4. The number of hydrogen-bond acceptors (Lipinski definition) is 5. The first-order valence-electron chi connectivity index (χ1n) is 8.22. The summed E-state index contributed by atoms with van der Waals surface area (Å²) in [4.78, 5) is 17.8. The Morgan fingerprint density at radius 2 is 2.04 bits per heavy atom. The molecule has 0 aromatic carbocycles. The van der Waals surface area contributed by atoms with Crippen molar-refractivity contribution in [2.24, 2.45) is 0 Å². The Kier molecular flexibility index (Phi) is 5.52. The van der Waals surface area contributed by atoms with Gasteiger partial charge in [-0.2, -0.15) is 18.3 Å². The second-order valence-corrected chi connectivity index (χ2v) is 5.89. The maximum atomic E-state index is 13.4. The van der Waals surface area contributed by atoms with Crippen molar-refractivity contribution >= 4 is 5.91 Å². The summed E-state index contributed by atoms with van der Waals surface area (Å²) in [6.07, 6.45) is -1.20. The number of pyridine rings is 1. The summed E-state index contributed by atoms with van der Waals surface area (Å²) in [5, 5.41) is 9.39. The highest BCUT2D eigenvalue weighted by atomic mass is 19.4. The smallest absolute Gasteiger partial charge is 0.349 e. The summed E-state index contributed by atoms with van der Waals surface area (Å²) in [5.41, 5.74) is 0.0410. The highest BCUT2D eigenvalue weighted by molar-refractivity contribution is 5.92. The van der Waals surface area contributed by atoms with Gasteiger partial charge in [-0.15, -0.1) is 0 Å². The van der Waals surface area contributed by atoms with Crippen LogP contribution in [0.3, 0.4) is 0 Å². The van der Waals surface area contributed by atoms with Gasteiger partial charge in [0.2, 0.25) is 0 Å². The van der Waals surface area contributed by atoms with Crippen LogP contribution < -0.4 is 10.6 Å². The molecule has 7 nitrogen and oxygen atoms in total. The summed E-state index contributed by atoms with van der Waals surface area (Å²) in [6.45, 7) is 1.04. The normalized spacial score (nSPS) is 17.0. The number of carbonyl (C=O) groups excluding carboxylic acids is 1. The number of halogens is 3. The summed E-state index contributed by atoms with van der Waals surface area (Å²) < 4.78 is 41.6. The zero-order chi connectivity index (χ0) is 18.6. The summed E-state index contributed by atoms with van der Waals surface area (Å²) >= 11 is 0. The second kappa shape index (κ2) is 7.83. The predicted molar refractivity (Wildman–Crippen MR) is 88.0 cm³/mol. The van der Waals surface area contributed by atoms with Crippen LogP contribution in [0.25, 0.3) is 5.82 Å². The highest BCUT2D eigenvalue weighted by Crippen LogP contribution is 2.24. The number of aromatic nitrogens is 3. The van der Waals surface area contributed by atoms with Gasteiger partial charge in [0.05, 0.1) is 0 Å². The van der Waals surface area contributed by atoms with Crippen LogP contribution in [0.1, 0.15) is 10.5 Å². The lowest BCUT2D eigenvalue weighted by Crippen LogP contribution is -2.57. The molecule has 2 aromatic heterocycles. The molecule has 0 aliphatic carbocycles. The van der Waals surface area contributed by atoms with Gasteiger partial charge in [-0.05, 0) is 18.2 Å². The van der Waals surface area contributed by atoms with Gasteiger partial charge in [-0.3, -0.25) is 9.69 Å². The first kappa shape index (κ1) is 18.3. The van der Waals surface area contributed by atoms with Crippen LogP contribution in [-0.4, -0.2) is 70.5 Å². The molecule has 0 radical (unpaired) electrons. The molecule has 1 saturated heterocycles. The summed E-state index contributed by atoms with van der Waals surface area (Å²) in [6, 6.07) is 4.70. The Bertz CT molecular complexity index is 728. The lowest BCUT2D eigenvalue weighted by atomic mass is 10.2. The van der Waals surface area contributed by atoms with E-state index < -0.39 is 24.7 Å². The second-order valence-electron chi connectivity index (χ2n) is 5.89. The molecule has 26 heavy (non-hydrogen) atoms. The third kappa shape index (κ3) is 4.38. The van der Waals surface area contributed by atoms with Crippen LogP contribution in [0, 0.1) is 0 Å². The van der Waals surface area contributed by atoms with Gasteiger partial charge in [-0.25, -0.2) is 9.67 Å². The molecule has 2 aromatic rings. The monoisotopic (exact) mass is 368 g/mol. The Hall–Kier alpha value is -2.46. The van der Waals surface area contributed by atoms with Crippen molar-refractivity contribution in [2.75, 3.05) is 32.7 Å². The van der Waals surface area contributed by atoms with E-state index in [1.807, 2.05) is 0 Å². The zero-order valence-electron chi connectivity index (χ0n) is 13.9. The Morgan fingerprint density at radius 3 is 2.69 bits per heavy atom. The molecular weight excluding hydrogens is 349 g/mol. The minimum absolute atomic E-state index is 0.0410. The van der Waals surface area contributed by atoms with Crippen molar-refractivity contribution in [3.05, 3.63) is 42.4 Å². The third-order valence-electron chi connectivity index (χ3n) is 4.13. The molecule has 1 aliphatic rings. The van der Waals surface area contributed by atoms with E-state index in [0.717, 1.165) is 0 Å². The van der Waals surface area contributed by atoms with E-state index in [-0.39, 0.29) is 18.8 Å². The van der Waals surface area contributed by atoms with Crippen molar-refractivity contribution in [2.45, 2.75) is 12.2 Å². The number of rotatable bonds is 5. The van der Waals surface area contributed by atoms with E-state index >= 15 is 0 Å². The molecule has 1 fully saturated rings. The molecule has 1 atom stereocenters. The number of hydrogen-bond donors (Lipinski definition) is 2. The van der Waals surface area contributed by atoms with E-state index in [1.54, 1.807) is 30.6 Å². The average molecular weight is 368 g/mol. The Morgan fingerprint density at radius 1 is 1.27 bits per heavy atom. The molecule has 0 bridgehead atoms. The van der Waals surface area contributed by atoms with Crippen LogP contribution in [0.4, 0.5) is 13.2 Å². The lowest BCUT2D eigenvalue weighted by molar-refractivity contribution is -0.183. The minimum Gasteiger partial charge on any atom is -0.349 e. The Balaban J connectivity index is 1.67. The van der Waals surface area contributed by atoms with Gasteiger partial charge in [0.15, 0.2) is 5.82 Å². The lowest BCUT2D eigenvalue weighted by Gasteiger charge is -2.35. The van der Waals surface area contributed by atoms with Crippen molar-refractivity contribution in [1.82, 2.24) is 30.3 Å². The Labute approximate surface area is 148 Å². The number of piperazine rings is 1. The van der Waals surface area contributed by atoms with Gasteiger partial charge in [0, 0.05) is 45.1 Å². The van der Waals surface area contributed by atoms with Crippen molar-refractivity contribution in [3.8, 4) is 5.82 Å². The van der Waals surface area contributed by atoms with Gasteiger partial charge < -0.3 is 10.6 Å². The fourth-order valence-electron chi connectivity index (χ4n) is 2.81. The molecule has 3 heterocycles. The van der Waals surface area contributed by atoms with Gasteiger partial charge >= 0.3 is 6.18 Å². The number of nitrogens with one attached hydrogen (secondary N) is 2. The van der Waals surface area contributed by atoms with E-state index in [1.165, 1.54) is 15.6 Å². The SMILES string of the molecule is O=C(NCC(N1CCNCC1)C(F)(F)F)c1cccc(-n2cccn2)n1. The molecule has 0 saturated carbocycles. The van der Waals surface area contributed by atoms with Gasteiger partial charge in [0.25, 0.3) is 5.91 Å². The molecule has 1 amide bonds. The van der Waals surface area contributed by atoms with Crippen molar-refractivity contribution in [1.29, 1.82) is 0 Å². The molecular formula is C16H19F3N6O. The standard InChI is InChI=1S/C16H19F3N6O/c17-16(18,19)13(24-9-6-20-7-10-24)11-21-15(26)12-3-1-4-14(23-12)25-8-2-5-22-25/h1-5,8,13,20H,6-7,9-11H2,(H,21,26). The minimum atomic E-state index is -4.42. The van der Waals surface area contributed by atoms with Crippen LogP contribution in [0.5, 0.6) is 0 Å². The van der Waals surface area contributed by atoms with Crippen molar-refractivity contribution < 1.29 is 18.0 Å². The average Bonchev–Trinajstić information content (AvgIpc) is 3.16. The van der Waals surface area contributed by atoms with E-state index in [4.69, 9.17) is 0 Å². The molecule has 1 aliphatic heterocycles. The molecule has 0 spiro atoms. The van der Waals surface area contributed by atoms with Gasteiger partial charge in [0.1, 0.15) is 11.7 Å². The number of amides is 1. The molecule has 1 unspecified atom stereocenters. The van der Waals surface area contributed by atoms with E-state index in [2.05, 4.69) is 20.7 Å². The topological polar surface area (TPSA) is 75.1 Å². The zero-order valence-corrected chi connectivity index (χ0v) is 13.9. The van der Waals surface area contributed by atoms with Crippen LogP contribution in [0.2, 0.25) is 0 Å². The quantitative estimate of drug-likeness (QED) is 0.818. The number of carbonyl (C=O) groups is 1. The molecule has 10 heteroatoms. The number of alkyl halides is 3. The van der Waals surface area contributed by atoms with Gasteiger partial charge in [-0.1, -0.05) is 6.07 Å². The fraction of sp³-hybridized carbons (Fsp3) is 0.438. The molecule has 140 valence electrons. The summed E-state index contributed by atoms with van der Waals surface area (Å²) in [5.74, 6) is -0.236. The van der Waals surface area contributed by atoms with Crippen LogP contribution >= 0.6 is 0 Å². The summed E-state index contributed by atoms with van der Waals surface area (Å²) in [7, 11) is 0. The van der Waals surface area contributed by atoms with Crippen LogP contribution in [-0.2, 0) is 0 Å². The van der Waals surface area contributed by atoms with E-state index in [0.29, 0.717) is 18.9 Å². The number of nitrogens with zero attached hydrogens (tertiary/aromatic N) is 4. The maximum absolute atomic E-state index is 13.4. The van der Waals surface area contributed by atoms with Crippen LogP contribution in [0.15, 0.2) is 36.7 Å². The first-order valence-corrected chi connectivity index (χ1v) is 8.22. The maximum Gasteiger partial charge on any atom is 0.405 e. The predicted octanol–water partition coefficient (Wildman–Crippen LogP) is 0.833. The highest BCUT2D eigenvalue weighted by Gasteiger charge is 2.43. The van der Waals surface area contributed by atoms with Crippen molar-refractivity contribution in [3.63, 3.8) is 0 Å². The largest absolute Gasteiger partial charge is 0.405 e. The molecule has 3 rings (SSSR count). The third-order valence-corrected chi connectivity index (χ3v) is 4.13. The molecule has 2 N–H and O–H groups in total.